The predicted octanol–water partition coefficient (Wildman–Crippen LogP) is 1.53. The minimum Gasteiger partial charge on any atom is -0.469 e. The molecule has 1 N–H and O–H groups in total. The van der Waals surface area contributed by atoms with Crippen LogP contribution in [0.1, 0.15) is 18.7 Å². The van der Waals surface area contributed by atoms with Crippen LogP contribution in [-0.4, -0.2) is 47.9 Å². The number of aryl methyl sites for hydroxylation is 1. The van der Waals surface area contributed by atoms with Gasteiger partial charge in [0.25, 0.3) is 0 Å². The molecule has 0 bridgehead atoms. The van der Waals surface area contributed by atoms with Crippen molar-refractivity contribution in [2.24, 2.45) is 5.10 Å². The topological polar surface area (TPSA) is 133 Å². The van der Waals surface area contributed by atoms with E-state index in [4.69, 9.17) is 16.1 Å². The lowest BCUT2D eigenvalue weighted by atomic mass is 10.2. The van der Waals surface area contributed by atoms with E-state index in [2.05, 4.69) is 30.1 Å². The Kier molecular flexibility index (Phi) is 7.64. The number of hydrazone groups is 1. The number of nitrogens with one attached hydrogen (secondary N) is 1. The Bertz CT molecular complexity index is 878. The predicted molar refractivity (Wildman–Crippen MR) is 97.3 cm³/mol. The van der Waals surface area contributed by atoms with Crippen LogP contribution in [-0.2, 0) is 30.3 Å². The van der Waals surface area contributed by atoms with Gasteiger partial charge in [0, 0.05) is 23.4 Å². The van der Waals surface area contributed by atoms with Crippen molar-refractivity contribution in [2.75, 3.05) is 14.2 Å². The molecule has 0 saturated carbocycles. The molecule has 10 nitrogen and oxygen atoms in total. The van der Waals surface area contributed by atoms with Crippen molar-refractivity contribution >= 4 is 35.2 Å². The van der Waals surface area contributed by atoms with Gasteiger partial charge in [0.05, 0.1) is 20.6 Å². The molecule has 0 spiro atoms. The molecule has 1 aromatic heterocycles. The number of carbonyl (C=O) groups excluding carboxylic acids is 3. The number of nitrogens with zero attached hydrogens (tertiary/aromatic N) is 3. The van der Waals surface area contributed by atoms with E-state index in [-0.39, 0.29) is 24.4 Å². The van der Waals surface area contributed by atoms with Crippen LogP contribution in [0.3, 0.4) is 0 Å². The fraction of sp³-hybridized carbons (Fsp3) is 0.294. The number of hydrogen-bond donors (Lipinski definition) is 1. The summed E-state index contributed by atoms with van der Waals surface area (Å²) >= 11 is 5.83. The van der Waals surface area contributed by atoms with Crippen LogP contribution in [0.4, 0.5) is 0 Å². The van der Waals surface area contributed by atoms with Gasteiger partial charge >= 0.3 is 11.9 Å². The molecule has 148 valence electrons. The van der Waals surface area contributed by atoms with E-state index in [1.807, 2.05) is 0 Å². The molecule has 0 saturated heterocycles. The molecule has 28 heavy (non-hydrogen) atoms. The first-order chi connectivity index (χ1) is 13.4. The Hall–Kier alpha value is -3.27. The van der Waals surface area contributed by atoms with Crippen LogP contribution in [0.25, 0.3) is 11.4 Å². The molecule has 1 amide bonds. The monoisotopic (exact) mass is 408 g/mol. The van der Waals surface area contributed by atoms with Gasteiger partial charge in [-0.05, 0) is 24.3 Å². The first kappa shape index (κ1) is 21.0. The lowest BCUT2D eigenvalue weighted by Crippen LogP contribution is -2.26. The van der Waals surface area contributed by atoms with Crippen LogP contribution in [0.15, 0.2) is 33.9 Å². The van der Waals surface area contributed by atoms with Gasteiger partial charge in [-0.1, -0.05) is 16.8 Å². The first-order valence-corrected chi connectivity index (χ1v) is 8.39. The summed E-state index contributed by atoms with van der Waals surface area (Å²) < 4.78 is 14.1. The SMILES string of the molecule is COC(=O)C/C(=N/NC(=O)CCc1nc(-c2ccc(Cl)cc2)no1)C(=O)OC. The number of carbonyl (C=O) groups is 3. The fourth-order valence-corrected chi connectivity index (χ4v) is 2.09. The van der Waals surface area contributed by atoms with Gasteiger partial charge in [-0.15, -0.1) is 0 Å². The third-order valence-electron chi connectivity index (χ3n) is 3.41. The van der Waals surface area contributed by atoms with Crippen LogP contribution in [0.2, 0.25) is 5.02 Å². The molecule has 1 aromatic carbocycles. The second-order valence-corrected chi connectivity index (χ2v) is 5.79. The standard InChI is InChI=1S/C17H17ClN4O6/c1-26-15(24)9-12(17(25)27-2)20-21-13(23)7-8-14-19-16(22-28-14)10-3-5-11(18)6-4-10/h3-6H,7-9H2,1-2H3,(H,21,23)/b20-12-. The fourth-order valence-electron chi connectivity index (χ4n) is 1.96. The highest BCUT2D eigenvalue weighted by atomic mass is 35.5. The van der Waals surface area contributed by atoms with Gasteiger partial charge in [0.1, 0.15) is 0 Å². The van der Waals surface area contributed by atoms with Gasteiger partial charge in [0.2, 0.25) is 17.6 Å². The zero-order valence-electron chi connectivity index (χ0n) is 15.1. The molecule has 0 aliphatic carbocycles. The van der Waals surface area contributed by atoms with Crippen molar-refractivity contribution in [1.29, 1.82) is 0 Å². The number of benzene rings is 1. The number of rotatable bonds is 8. The van der Waals surface area contributed by atoms with Gasteiger partial charge < -0.3 is 14.0 Å². The largest absolute Gasteiger partial charge is 0.469 e. The maximum absolute atomic E-state index is 11.9. The van der Waals surface area contributed by atoms with Gasteiger partial charge in [-0.25, -0.2) is 10.2 Å². The summed E-state index contributed by atoms with van der Waals surface area (Å²) in [4.78, 5) is 38.9. The molecule has 0 aliphatic heterocycles. The highest BCUT2D eigenvalue weighted by molar-refractivity contribution is 6.39. The summed E-state index contributed by atoms with van der Waals surface area (Å²) in [7, 11) is 2.29. The Morgan fingerprint density at radius 3 is 2.54 bits per heavy atom. The quantitative estimate of drug-likeness (QED) is 0.395. The number of amides is 1. The van der Waals surface area contributed by atoms with E-state index >= 15 is 0 Å². The normalized spacial score (nSPS) is 11.0. The van der Waals surface area contributed by atoms with Gasteiger partial charge in [0.15, 0.2) is 5.71 Å². The molecule has 0 unspecified atom stereocenters. The maximum Gasteiger partial charge on any atom is 0.354 e. The molecule has 0 atom stereocenters. The van der Waals surface area contributed by atoms with Gasteiger partial charge in [-0.2, -0.15) is 10.1 Å². The number of hydrogen-bond acceptors (Lipinski definition) is 9. The Morgan fingerprint density at radius 2 is 1.89 bits per heavy atom. The summed E-state index contributed by atoms with van der Waals surface area (Å²) in [6.07, 6.45) is -0.303. The molecule has 2 rings (SSSR count). The van der Waals surface area contributed by atoms with E-state index in [0.717, 1.165) is 12.7 Å². The average molecular weight is 409 g/mol. The smallest absolute Gasteiger partial charge is 0.354 e. The van der Waals surface area contributed by atoms with Crippen molar-refractivity contribution in [3.8, 4) is 11.4 Å². The zero-order valence-corrected chi connectivity index (χ0v) is 15.9. The second kappa shape index (κ2) is 10.2. The third-order valence-corrected chi connectivity index (χ3v) is 3.66. The molecule has 0 aliphatic rings. The number of esters is 2. The lowest BCUT2D eigenvalue weighted by molar-refractivity contribution is -0.140. The van der Waals surface area contributed by atoms with Crippen LogP contribution in [0.5, 0.6) is 0 Å². The zero-order chi connectivity index (χ0) is 20.5. The summed E-state index contributed by atoms with van der Waals surface area (Å²) in [6.45, 7) is 0. The number of ether oxygens (including phenoxy) is 2. The van der Waals surface area contributed by atoms with Crippen LogP contribution >= 0.6 is 11.6 Å². The molecular weight excluding hydrogens is 392 g/mol. The van der Waals surface area contributed by atoms with Crippen molar-refractivity contribution < 1.29 is 28.4 Å². The average Bonchev–Trinajstić information content (AvgIpc) is 3.18. The minimum absolute atomic E-state index is 0.0293. The third kappa shape index (κ3) is 6.16. The second-order valence-electron chi connectivity index (χ2n) is 5.36. The Morgan fingerprint density at radius 1 is 1.18 bits per heavy atom. The molecular formula is C17H17ClN4O6. The van der Waals surface area contributed by atoms with E-state index < -0.39 is 24.3 Å². The Balaban J connectivity index is 1.91. The van der Waals surface area contributed by atoms with Crippen molar-refractivity contribution in [1.82, 2.24) is 15.6 Å². The minimum atomic E-state index is -0.852. The van der Waals surface area contributed by atoms with E-state index in [9.17, 15) is 14.4 Å². The first-order valence-electron chi connectivity index (χ1n) is 8.02. The Labute approximate surface area is 164 Å². The summed E-state index contributed by atoms with van der Waals surface area (Å²) in [5.41, 5.74) is 2.61. The van der Waals surface area contributed by atoms with Crippen molar-refractivity contribution in [3.05, 3.63) is 35.2 Å². The maximum atomic E-state index is 11.9. The molecule has 11 heteroatoms. The van der Waals surface area contributed by atoms with Crippen molar-refractivity contribution in [3.63, 3.8) is 0 Å². The molecule has 2 aromatic rings. The molecule has 1 heterocycles. The number of aromatic nitrogens is 2. The van der Waals surface area contributed by atoms with Crippen LogP contribution in [0, 0.1) is 0 Å². The van der Waals surface area contributed by atoms with E-state index in [0.29, 0.717) is 10.8 Å². The summed E-state index contributed by atoms with van der Waals surface area (Å²) in [5, 5.41) is 8.05. The highest BCUT2D eigenvalue weighted by Gasteiger charge is 2.18. The molecule has 0 radical (unpaired) electrons. The van der Waals surface area contributed by atoms with E-state index in [1.165, 1.54) is 7.11 Å². The van der Waals surface area contributed by atoms with E-state index in [1.54, 1.807) is 24.3 Å². The number of halogens is 1. The van der Waals surface area contributed by atoms with Gasteiger partial charge in [-0.3, -0.25) is 9.59 Å². The highest BCUT2D eigenvalue weighted by Crippen LogP contribution is 2.18. The van der Waals surface area contributed by atoms with Crippen molar-refractivity contribution in [2.45, 2.75) is 19.3 Å². The summed E-state index contributed by atoms with van der Waals surface area (Å²) in [6, 6.07) is 6.89. The van der Waals surface area contributed by atoms with Crippen LogP contribution < -0.4 is 5.43 Å². The molecule has 0 fully saturated rings. The summed E-state index contributed by atoms with van der Waals surface area (Å²) in [5.74, 6) is -1.44. The lowest BCUT2D eigenvalue weighted by Gasteiger charge is -2.04. The number of methoxy groups -OCH3 is 2.